The molecule has 1 fully saturated rings. The number of nitrogens with zero attached hydrogens (tertiary/aromatic N) is 2. The van der Waals surface area contributed by atoms with E-state index in [0.29, 0.717) is 6.42 Å². The average molecular weight is 309 g/mol. The molecule has 0 spiro atoms. The van der Waals surface area contributed by atoms with E-state index < -0.39 is 16.5 Å². The molecule has 1 aliphatic heterocycles. The molecule has 1 aromatic carbocycles. The highest BCUT2D eigenvalue weighted by molar-refractivity contribution is 5.46. The van der Waals surface area contributed by atoms with E-state index in [1.54, 1.807) is 0 Å². The predicted octanol–water partition coefficient (Wildman–Crippen LogP) is 2.35. The number of hydrogen-bond donors (Lipinski definition) is 2. The standard InChI is InChI=1S/C15H20FN3O3/c1-10(2)7-14(18-5-3-17-4-6-18)12-8-11(19(21)22)9-13(16)15(12)20/h8-9,14,17,20H,1,3-7H2,2H3/t14-/m1/s1. The maximum absolute atomic E-state index is 13.9. The number of nitro benzene ring substituents is 1. The third-order valence-corrected chi connectivity index (χ3v) is 3.78. The molecular weight excluding hydrogens is 289 g/mol. The molecule has 0 aromatic heterocycles. The molecule has 0 bridgehead atoms. The summed E-state index contributed by atoms with van der Waals surface area (Å²) in [5.41, 5.74) is 0.763. The van der Waals surface area contributed by atoms with Crippen LogP contribution in [0.5, 0.6) is 5.75 Å². The number of nitrogens with one attached hydrogen (secondary N) is 1. The number of piperazine rings is 1. The van der Waals surface area contributed by atoms with Crippen molar-refractivity contribution in [2.75, 3.05) is 26.2 Å². The highest BCUT2D eigenvalue weighted by atomic mass is 19.1. The molecule has 1 saturated heterocycles. The van der Waals surface area contributed by atoms with E-state index in [0.717, 1.165) is 37.8 Å². The van der Waals surface area contributed by atoms with Gasteiger partial charge in [-0.15, -0.1) is 6.58 Å². The maximum atomic E-state index is 13.9. The molecule has 7 heteroatoms. The smallest absolute Gasteiger partial charge is 0.272 e. The number of phenols is 1. The number of non-ortho nitro benzene ring substituents is 1. The first kappa shape index (κ1) is 16.4. The fraction of sp³-hybridized carbons (Fsp3) is 0.467. The van der Waals surface area contributed by atoms with Gasteiger partial charge in [0.2, 0.25) is 0 Å². The van der Waals surface area contributed by atoms with Crippen molar-refractivity contribution in [3.05, 3.63) is 45.8 Å². The Morgan fingerprint density at radius 2 is 2.18 bits per heavy atom. The fourth-order valence-corrected chi connectivity index (χ4v) is 2.72. The van der Waals surface area contributed by atoms with Crippen LogP contribution in [-0.2, 0) is 0 Å². The largest absolute Gasteiger partial charge is 0.505 e. The van der Waals surface area contributed by atoms with Crippen molar-refractivity contribution >= 4 is 5.69 Å². The van der Waals surface area contributed by atoms with E-state index in [1.807, 2.05) is 6.92 Å². The van der Waals surface area contributed by atoms with Gasteiger partial charge >= 0.3 is 0 Å². The van der Waals surface area contributed by atoms with Crippen molar-refractivity contribution < 1.29 is 14.4 Å². The van der Waals surface area contributed by atoms with E-state index in [4.69, 9.17) is 0 Å². The zero-order valence-corrected chi connectivity index (χ0v) is 12.5. The van der Waals surface area contributed by atoms with Crippen molar-refractivity contribution in [1.82, 2.24) is 10.2 Å². The van der Waals surface area contributed by atoms with Gasteiger partial charge in [0.15, 0.2) is 11.6 Å². The maximum Gasteiger partial charge on any atom is 0.272 e. The Morgan fingerprint density at radius 3 is 2.73 bits per heavy atom. The summed E-state index contributed by atoms with van der Waals surface area (Å²) in [5.74, 6) is -1.48. The van der Waals surface area contributed by atoms with Gasteiger partial charge in [0.05, 0.1) is 11.0 Å². The molecule has 1 aliphatic rings. The Kier molecular flexibility index (Phi) is 5.10. The van der Waals surface area contributed by atoms with Gasteiger partial charge < -0.3 is 10.4 Å². The predicted molar refractivity (Wildman–Crippen MR) is 81.3 cm³/mol. The molecule has 2 N–H and O–H groups in total. The third-order valence-electron chi connectivity index (χ3n) is 3.78. The molecule has 0 aliphatic carbocycles. The Bertz CT molecular complexity index is 586. The van der Waals surface area contributed by atoms with Crippen LogP contribution in [0.3, 0.4) is 0 Å². The zero-order chi connectivity index (χ0) is 16.3. The van der Waals surface area contributed by atoms with Crippen LogP contribution in [0.25, 0.3) is 0 Å². The van der Waals surface area contributed by atoms with Crippen molar-refractivity contribution in [2.45, 2.75) is 19.4 Å². The number of phenolic OH excluding ortho intramolecular Hbond substituents is 1. The zero-order valence-electron chi connectivity index (χ0n) is 12.5. The molecule has 0 saturated carbocycles. The third kappa shape index (κ3) is 3.61. The lowest BCUT2D eigenvalue weighted by Gasteiger charge is -2.35. The second kappa shape index (κ2) is 6.85. The molecular formula is C15H20FN3O3. The molecule has 1 heterocycles. The summed E-state index contributed by atoms with van der Waals surface area (Å²) in [6, 6.07) is 1.68. The minimum absolute atomic E-state index is 0.247. The summed E-state index contributed by atoms with van der Waals surface area (Å²) in [5, 5.41) is 24.2. The van der Waals surface area contributed by atoms with Gasteiger partial charge in [0, 0.05) is 43.9 Å². The van der Waals surface area contributed by atoms with Crippen LogP contribution >= 0.6 is 0 Å². The molecule has 1 aromatic rings. The van der Waals surface area contributed by atoms with Gasteiger partial charge in [0.25, 0.3) is 5.69 Å². The average Bonchev–Trinajstić information content (AvgIpc) is 2.48. The first-order chi connectivity index (χ1) is 10.4. The van der Waals surface area contributed by atoms with Crippen molar-refractivity contribution in [2.24, 2.45) is 0 Å². The molecule has 0 radical (unpaired) electrons. The Balaban J connectivity index is 2.45. The van der Waals surface area contributed by atoms with Crippen LogP contribution in [0.15, 0.2) is 24.3 Å². The minimum atomic E-state index is -0.967. The highest BCUT2D eigenvalue weighted by Crippen LogP contribution is 2.37. The van der Waals surface area contributed by atoms with E-state index in [1.165, 1.54) is 6.07 Å². The van der Waals surface area contributed by atoms with Crippen LogP contribution in [0.2, 0.25) is 0 Å². The van der Waals surface area contributed by atoms with Crippen LogP contribution in [0.4, 0.5) is 10.1 Å². The summed E-state index contributed by atoms with van der Waals surface area (Å²) < 4.78 is 13.9. The van der Waals surface area contributed by atoms with Crippen molar-refractivity contribution in [3.8, 4) is 5.75 Å². The molecule has 6 nitrogen and oxygen atoms in total. The molecule has 0 unspecified atom stereocenters. The quantitative estimate of drug-likeness (QED) is 0.496. The van der Waals surface area contributed by atoms with Gasteiger partial charge in [-0.25, -0.2) is 4.39 Å². The molecule has 1 atom stereocenters. The first-order valence-electron chi connectivity index (χ1n) is 7.16. The summed E-state index contributed by atoms with van der Waals surface area (Å²) in [6.07, 6.45) is 0.508. The summed E-state index contributed by atoms with van der Waals surface area (Å²) in [6.45, 7) is 8.73. The van der Waals surface area contributed by atoms with E-state index in [9.17, 15) is 19.6 Å². The SMILES string of the molecule is C=C(C)C[C@H](c1cc([N+](=O)[O-])cc(F)c1O)N1CCNCC1. The van der Waals surface area contributed by atoms with Gasteiger partial charge in [0.1, 0.15) is 0 Å². The number of rotatable bonds is 5. The monoisotopic (exact) mass is 309 g/mol. The molecule has 2 rings (SSSR count). The Morgan fingerprint density at radius 1 is 1.55 bits per heavy atom. The molecule has 22 heavy (non-hydrogen) atoms. The van der Waals surface area contributed by atoms with Crippen molar-refractivity contribution in [3.63, 3.8) is 0 Å². The van der Waals surface area contributed by atoms with E-state index in [-0.39, 0.29) is 17.3 Å². The van der Waals surface area contributed by atoms with Crippen LogP contribution in [0, 0.1) is 15.9 Å². The lowest BCUT2D eigenvalue weighted by molar-refractivity contribution is -0.385. The van der Waals surface area contributed by atoms with Crippen LogP contribution in [0.1, 0.15) is 24.9 Å². The number of aromatic hydroxyl groups is 1. The topological polar surface area (TPSA) is 78.6 Å². The highest BCUT2D eigenvalue weighted by Gasteiger charge is 2.28. The Labute approximate surface area is 128 Å². The summed E-state index contributed by atoms with van der Waals surface area (Å²) in [4.78, 5) is 12.4. The first-order valence-corrected chi connectivity index (χ1v) is 7.16. The van der Waals surface area contributed by atoms with Crippen molar-refractivity contribution in [1.29, 1.82) is 0 Å². The lowest BCUT2D eigenvalue weighted by Crippen LogP contribution is -2.45. The minimum Gasteiger partial charge on any atom is -0.505 e. The normalized spacial score (nSPS) is 17.2. The number of nitro groups is 1. The number of hydrogen-bond acceptors (Lipinski definition) is 5. The van der Waals surface area contributed by atoms with Crippen LogP contribution < -0.4 is 5.32 Å². The van der Waals surface area contributed by atoms with E-state index in [2.05, 4.69) is 16.8 Å². The fourth-order valence-electron chi connectivity index (χ4n) is 2.72. The number of benzene rings is 1. The Hall–Kier alpha value is -1.99. The van der Waals surface area contributed by atoms with Gasteiger partial charge in [-0.1, -0.05) is 5.57 Å². The van der Waals surface area contributed by atoms with Gasteiger partial charge in [-0.3, -0.25) is 15.0 Å². The lowest BCUT2D eigenvalue weighted by atomic mass is 9.96. The van der Waals surface area contributed by atoms with Gasteiger partial charge in [-0.2, -0.15) is 0 Å². The van der Waals surface area contributed by atoms with Gasteiger partial charge in [-0.05, 0) is 13.3 Å². The molecule has 0 amide bonds. The summed E-state index contributed by atoms with van der Waals surface area (Å²) >= 11 is 0. The number of halogens is 1. The second-order valence-corrected chi connectivity index (χ2v) is 5.59. The molecule has 120 valence electrons. The van der Waals surface area contributed by atoms with E-state index >= 15 is 0 Å². The summed E-state index contributed by atoms with van der Waals surface area (Å²) in [7, 11) is 0. The van der Waals surface area contributed by atoms with Crippen LogP contribution in [-0.4, -0.2) is 41.1 Å². The second-order valence-electron chi connectivity index (χ2n) is 5.59.